The number of nitrogens with zero attached hydrogens (tertiary/aromatic N) is 3. The van der Waals surface area contributed by atoms with Gasteiger partial charge in [-0.05, 0) is 19.4 Å². The molecule has 0 spiro atoms. The Bertz CT molecular complexity index is 512. The number of aryl methyl sites for hydroxylation is 1. The van der Waals surface area contributed by atoms with E-state index in [9.17, 15) is 0 Å². The molecule has 1 unspecified atom stereocenters. The molecular weight excluding hydrogens is 214 g/mol. The molecule has 5 heteroatoms. The molecule has 0 amide bonds. The maximum Gasteiger partial charge on any atom is 0.227 e. The lowest BCUT2D eigenvalue weighted by Gasteiger charge is -2.14. The first-order chi connectivity index (χ1) is 8.15. The van der Waals surface area contributed by atoms with Crippen molar-refractivity contribution in [3.8, 4) is 0 Å². The second kappa shape index (κ2) is 4.78. The van der Waals surface area contributed by atoms with E-state index in [4.69, 9.17) is 5.73 Å². The first-order valence-corrected chi connectivity index (χ1v) is 5.43. The molecule has 2 rings (SSSR count). The van der Waals surface area contributed by atoms with Gasteiger partial charge in [-0.25, -0.2) is 9.97 Å². The van der Waals surface area contributed by atoms with Crippen LogP contribution in [0, 0.1) is 6.92 Å². The van der Waals surface area contributed by atoms with Gasteiger partial charge in [-0.15, -0.1) is 0 Å². The van der Waals surface area contributed by atoms with Crippen LogP contribution in [-0.4, -0.2) is 15.0 Å². The van der Waals surface area contributed by atoms with Crippen LogP contribution in [-0.2, 0) is 0 Å². The van der Waals surface area contributed by atoms with Gasteiger partial charge in [0.05, 0.1) is 6.04 Å². The van der Waals surface area contributed by atoms with Gasteiger partial charge in [-0.2, -0.15) is 4.98 Å². The van der Waals surface area contributed by atoms with Crippen molar-refractivity contribution in [1.82, 2.24) is 15.0 Å². The van der Waals surface area contributed by atoms with Gasteiger partial charge in [-0.3, -0.25) is 0 Å². The predicted molar refractivity (Wildman–Crippen MR) is 67.5 cm³/mol. The van der Waals surface area contributed by atoms with E-state index in [0.717, 1.165) is 0 Å². The molecule has 88 valence electrons. The summed E-state index contributed by atoms with van der Waals surface area (Å²) in [5.74, 6) is 0.713. The van der Waals surface area contributed by atoms with Crippen molar-refractivity contribution in [3.05, 3.63) is 41.7 Å². The van der Waals surface area contributed by atoms with Crippen molar-refractivity contribution in [1.29, 1.82) is 0 Å². The number of benzene rings is 1. The molecule has 0 saturated carbocycles. The van der Waals surface area contributed by atoms with E-state index in [1.54, 1.807) is 0 Å². The van der Waals surface area contributed by atoms with Crippen LogP contribution in [0.3, 0.4) is 0 Å². The van der Waals surface area contributed by atoms with Crippen molar-refractivity contribution < 1.29 is 0 Å². The highest BCUT2D eigenvalue weighted by molar-refractivity contribution is 5.34. The van der Waals surface area contributed by atoms with Crippen LogP contribution in [0.1, 0.15) is 24.1 Å². The second-order valence-corrected chi connectivity index (χ2v) is 3.95. The van der Waals surface area contributed by atoms with Crippen LogP contribution >= 0.6 is 0 Å². The highest BCUT2D eigenvalue weighted by atomic mass is 15.2. The standard InChI is InChI=1S/C12H15N5/c1-8-4-3-5-10(6-8)9(2)16-12-15-7-14-11(13)17-12/h3-7,9H,1-2H3,(H3,13,14,15,16,17). The molecule has 0 radical (unpaired) electrons. The van der Waals surface area contributed by atoms with Gasteiger partial charge in [0.15, 0.2) is 0 Å². The number of anilines is 2. The molecule has 2 aromatic rings. The Morgan fingerprint density at radius 2 is 2.12 bits per heavy atom. The Morgan fingerprint density at radius 1 is 1.29 bits per heavy atom. The van der Waals surface area contributed by atoms with Crippen molar-refractivity contribution in [2.24, 2.45) is 0 Å². The van der Waals surface area contributed by atoms with E-state index in [2.05, 4.69) is 52.3 Å². The molecular formula is C12H15N5. The van der Waals surface area contributed by atoms with Crippen LogP contribution < -0.4 is 11.1 Å². The summed E-state index contributed by atoms with van der Waals surface area (Å²) in [6, 6.07) is 8.41. The summed E-state index contributed by atoms with van der Waals surface area (Å²) in [5, 5.41) is 3.18. The summed E-state index contributed by atoms with van der Waals surface area (Å²) < 4.78 is 0. The summed E-state index contributed by atoms with van der Waals surface area (Å²) in [6.07, 6.45) is 1.40. The minimum atomic E-state index is 0.122. The molecule has 17 heavy (non-hydrogen) atoms. The Labute approximate surface area is 100 Å². The van der Waals surface area contributed by atoms with Crippen molar-refractivity contribution >= 4 is 11.9 Å². The van der Waals surface area contributed by atoms with Crippen LogP contribution in [0.25, 0.3) is 0 Å². The third-order valence-electron chi connectivity index (χ3n) is 2.48. The largest absolute Gasteiger partial charge is 0.368 e. The number of aromatic nitrogens is 3. The molecule has 1 heterocycles. The smallest absolute Gasteiger partial charge is 0.227 e. The van der Waals surface area contributed by atoms with Crippen molar-refractivity contribution in [2.75, 3.05) is 11.1 Å². The topological polar surface area (TPSA) is 76.7 Å². The summed E-state index contributed by atoms with van der Waals surface area (Å²) in [5.41, 5.74) is 7.91. The second-order valence-electron chi connectivity index (χ2n) is 3.95. The number of hydrogen-bond acceptors (Lipinski definition) is 5. The first kappa shape index (κ1) is 11.3. The predicted octanol–water partition coefficient (Wildman–Crippen LogP) is 1.94. The fraction of sp³-hybridized carbons (Fsp3) is 0.250. The van der Waals surface area contributed by atoms with E-state index >= 15 is 0 Å². The van der Waals surface area contributed by atoms with E-state index in [-0.39, 0.29) is 12.0 Å². The molecule has 0 aliphatic heterocycles. The normalized spacial score (nSPS) is 12.1. The monoisotopic (exact) mass is 229 g/mol. The Kier molecular flexibility index (Phi) is 3.18. The van der Waals surface area contributed by atoms with E-state index in [1.807, 2.05) is 6.07 Å². The van der Waals surface area contributed by atoms with Crippen LogP contribution in [0.2, 0.25) is 0 Å². The van der Waals surface area contributed by atoms with Gasteiger partial charge < -0.3 is 11.1 Å². The molecule has 0 fully saturated rings. The molecule has 1 aromatic carbocycles. The molecule has 1 aromatic heterocycles. The average Bonchev–Trinajstić information content (AvgIpc) is 2.29. The quantitative estimate of drug-likeness (QED) is 0.841. The van der Waals surface area contributed by atoms with Crippen LogP contribution in [0.4, 0.5) is 11.9 Å². The highest BCUT2D eigenvalue weighted by Crippen LogP contribution is 2.17. The average molecular weight is 229 g/mol. The van der Waals surface area contributed by atoms with E-state index in [0.29, 0.717) is 5.95 Å². The number of hydrogen-bond donors (Lipinski definition) is 2. The van der Waals surface area contributed by atoms with Gasteiger partial charge in [0.25, 0.3) is 0 Å². The lowest BCUT2D eigenvalue weighted by Crippen LogP contribution is -2.10. The molecule has 0 bridgehead atoms. The molecule has 0 aliphatic carbocycles. The van der Waals surface area contributed by atoms with Crippen LogP contribution in [0.15, 0.2) is 30.6 Å². The Morgan fingerprint density at radius 3 is 2.82 bits per heavy atom. The number of nitrogen functional groups attached to an aromatic ring is 1. The third kappa shape index (κ3) is 2.90. The fourth-order valence-corrected chi connectivity index (χ4v) is 1.59. The van der Waals surface area contributed by atoms with Gasteiger partial charge in [0.1, 0.15) is 6.33 Å². The maximum absolute atomic E-state index is 5.49. The highest BCUT2D eigenvalue weighted by Gasteiger charge is 2.07. The third-order valence-corrected chi connectivity index (χ3v) is 2.48. The zero-order chi connectivity index (χ0) is 12.3. The van der Waals surface area contributed by atoms with Crippen molar-refractivity contribution in [2.45, 2.75) is 19.9 Å². The molecule has 0 saturated heterocycles. The molecule has 5 nitrogen and oxygen atoms in total. The van der Waals surface area contributed by atoms with Gasteiger partial charge >= 0.3 is 0 Å². The van der Waals surface area contributed by atoms with Gasteiger partial charge in [0.2, 0.25) is 11.9 Å². The van der Waals surface area contributed by atoms with E-state index < -0.39 is 0 Å². The first-order valence-electron chi connectivity index (χ1n) is 5.43. The summed E-state index contributed by atoms with van der Waals surface area (Å²) in [6.45, 7) is 4.12. The fourth-order valence-electron chi connectivity index (χ4n) is 1.59. The minimum Gasteiger partial charge on any atom is -0.368 e. The summed E-state index contributed by atoms with van der Waals surface area (Å²) in [7, 11) is 0. The molecule has 3 N–H and O–H groups in total. The summed E-state index contributed by atoms with van der Waals surface area (Å²) in [4.78, 5) is 11.8. The zero-order valence-corrected chi connectivity index (χ0v) is 9.88. The van der Waals surface area contributed by atoms with E-state index in [1.165, 1.54) is 17.5 Å². The Balaban J connectivity index is 2.14. The number of nitrogens with two attached hydrogens (primary N) is 1. The van der Waals surface area contributed by atoms with Gasteiger partial charge in [-0.1, -0.05) is 29.8 Å². The lowest BCUT2D eigenvalue weighted by molar-refractivity contribution is 0.854. The number of nitrogens with one attached hydrogen (secondary N) is 1. The molecule has 0 aliphatic rings. The molecule has 1 atom stereocenters. The van der Waals surface area contributed by atoms with Gasteiger partial charge in [0, 0.05) is 0 Å². The van der Waals surface area contributed by atoms with Crippen molar-refractivity contribution in [3.63, 3.8) is 0 Å². The zero-order valence-electron chi connectivity index (χ0n) is 9.88. The maximum atomic E-state index is 5.49. The summed E-state index contributed by atoms with van der Waals surface area (Å²) >= 11 is 0. The van der Waals surface area contributed by atoms with Crippen LogP contribution in [0.5, 0.6) is 0 Å². The lowest BCUT2D eigenvalue weighted by atomic mass is 10.1. The Hall–Kier alpha value is -2.17. The SMILES string of the molecule is Cc1cccc(C(C)Nc2ncnc(N)n2)c1. The number of rotatable bonds is 3. The minimum absolute atomic E-state index is 0.122.